The van der Waals surface area contributed by atoms with E-state index < -0.39 is 6.10 Å². The molecular formula is C11H10NO2. The first-order valence-electron chi connectivity index (χ1n) is 4.44. The number of rotatable bonds is 3. The van der Waals surface area contributed by atoms with E-state index in [4.69, 9.17) is 4.42 Å². The molecule has 2 rings (SSSR count). The molecule has 0 aliphatic rings. The monoisotopic (exact) mass is 188 g/mol. The zero-order valence-electron chi connectivity index (χ0n) is 7.59. The number of oxazole rings is 1. The summed E-state index contributed by atoms with van der Waals surface area (Å²) < 4.78 is 4.76. The fourth-order valence-corrected chi connectivity index (χ4v) is 1.31. The van der Waals surface area contributed by atoms with E-state index in [1.165, 1.54) is 12.7 Å². The predicted molar refractivity (Wildman–Crippen MR) is 50.1 cm³/mol. The second kappa shape index (κ2) is 4.07. The third-order valence-electron chi connectivity index (χ3n) is 2.05. The van der Waals surface area contributed by atoms with Crippen molar-refractivity contribution in [1.82, 2.24) is 4.98 Å². The number of hydrogen-bond acceptors (Lipinski definition) is 2. The summed E-state index contributed by atoms with van der Waals surface area (Å²) in [6.45, 7) is 0. The third kappa shape index (κ3) is 2.00. The normalized spacial score (nSPS) is 12.6. The maximum atomic E-state index is 11.6. The first-order chi connectivity index (χ1) is 6.86. The second-order valence-corrected chi connectivity index (χ2v) is 3.09. The van der Waals surface area contributed by atoms with Gasteiger partial charge in [-0.25, -0.2) is 10.1 Å². The summed E-state index contributed by atoms with van der Waals surface area (Å²) in [7, 11) is 0. The molecule has 1 radical (unpaired) electrons. The van der Waals surface area contributed by atoms with Crippen molar-refractivity contribution in [2.45, 2.75) is 12.5 Å². The van der Waals surface area contributed by atoms with Crippen LogP contribution in [-0.2, 0) is 11.5 Å². The van der Waals surface area contributed by atoms with Crippen LogP contribution in [0.4, 0.5) is 0 Å². The zero-order valence-corrected chi connectivity index (χ0v) is 7.59. The lowest BCUT2D eigenvalue weighted by Gasteiger charge is -2.03. The van der Waals surface area contributed by atoms with E-state index >= 15 is 0 Å². The van der Waals surface area contributed by atoms with Gasteiger partial charge >= 0.3 is 0 Å². The molecule has 14 heavy (non-hydrogen) atoms. The lowest BCUT2D eigenvalue weighted by molar-refractivity contribution is 0.0856. The first-order valence-corrected chi connectivity index (χ1v) is 4.44. The number of benzene rings is 1. The summed E-state index contributed by atoms with van der Waals surface area (Å²) in [5, 5.41) is 11.6. The van der Waals surface area contributed by atoms with Crippen LogP contribution < -0.4 is 0 Å². The minimum atomic E-state index is -0.837. The van der Waals surface area contributed by atoms with E-state index in [9.17, 15) is 5.11 Å². The van der Waals surface area contributed by atoms with Crippen LogP contribution in [0, 0.1) is 0 Å². The average Bonchev–Trinajstić information content (AvgIpc) is 2.72. The Balaban J connectivity index is 2.06. The van der Waals surface area contributed by atoms with Crippen LogP contribution in [0.15, 0.2) is 47.4 Å². The summed E-state index contributed by atoms with van der Waals surface area (Å²) in [6.07, 6.45) is 2.30. The molecule has 1 heterocycles. The molecule has 0 aliphatic carbocycles. The minimum absolute atomic E-state index is 0.452. The van der Waals surface area contributed by atoms with Gasteiger partial charge in [0.05, 0.1) is 0 Å². The SMILES string of the molecule is [O]C(Cc1ccccc1)c1cocn1. The van der Waals surface area contributed by atoms with Gasteiger partial charge in [0, 0.05) is 6.42 Å². The molecule has 0 amide bonds. The fourth-order valence-electron chi connectivity index (χ4n) is 1.31. The summed E-state index contributed by atoms with van der Waals surface area (Å²) in [4.78, 5) is 3.83. The Morgan fingerprint density at radius 1 is 1.29 bits per heavy atom. The molecule has 0 aliphatic heterocycles. The Morgan fingerprint density at radius 3 is 2.71 bits per heavy atom. The highest BCUT2D eigenvalue weighted by molar-refractivity contribution is 5.17. The number of hydrogen-bond donors (Lipinski definition) is 0. The molecule has 0 saturated carbocycles. The van der Waals surface area contributed by atoms with Gasteiger partial charge in [0.1, 0.15) is 18.1 Å². The quantitative estimate of drug-likeness (QED) is 0.742. The predicted octanol–water partition coefficient (Wildman–Crippen LogP) is 2.39. The maximum absolute atomic E-state index is 11.6. The van der Waals surface area contributed by atoms with Crippen molar-refractivity contribution < 1.29 is 9.52 Å². The molecule has 1 unspecified atom stereocenters. The van der Waals surface area contributed by atoms with Crippen LogP contribution in [0.1, 0.15) is 17.4 Å². The van der Waals surface area contributed by atoms with Gasteiger partial charge in [-0.15, -0.1) is 0 Å². The van der Waals surface area contributed by atoms with Crippen molar-refractivity contribution in [2.24, 2.45) is 0 Å². The lowest BCUT2D eigenvalue weighted by Crippen LogP contribution is -2.00. The van der Waals surface area contributed by atoms with Crippen LogP contribution in [0.2, 0.25) is 0 Å². The fraction of sp³-hybridized carbons (Fsp3) is 0.182. The molecule has 71 valence electrons. The topological polar surface area (TPSA) is 45.9 Å². The van der Waals surface area contributed by atoms with E-state index in [2.05, 4.69) is 4.98 Å². The van der Waals surface area contributed by atoms with Gasteiger partial charge in [-0.3, -0.25) is 0 Å². The summed E-state index contributed by atoms with van der Waals surface area (Å²) in [5.41, 5.74) is 1.49. The Kier molecular flexibility index (Phi) is 2.60. The highest BCUT2D eigenvalue weighted by atomic mass is 16.3. The van der Waals surface area contributed by atoms with Gasteiger partial charge in [-0.2, -0.15) is 0 Å². The first kappa shape index (κ1) is 8.97. The van der Waals surface area contributed by atoms with E-state index in [-0.39, 0.29) is 0 Å². The van der Waals surface area contributed by atoms with Crippen molar-refractivity contribution in [3.8, 4) is 0 Å². The molecule has 0 N–H and O–H groups in total. The highest BCUT2D eigenvalue weighted by Gasteiger charge is 2.12. The zero-order chi connectivity index (χ0) is 9.80. The molecule has 0 spiro atoms. The Labute approximate surface area is 82.0 Å². The van der Waals surface area contributed by atoms with Gasteiger partial charge in [-0.05, 0) is 5.56 Å². The maximum Gasteiger partial charge on any atom is 0.180 e. The Hall–Kier alpha value is -1.61. The average molecular weight is 188 g/mol. The van der Waals surface area contributed by atoms with Crippen molar-refractivity contribution >= 4 is 0 Å². The molecule has 1 aromatic carbocycles. The van der Waals surface area contributed by atoms with Crippen LogP contribution in [0.3, 0.4) is 0 Å². The molecule has 1 atom stereocenters. The van der Waals surface area contributed by atoms with Crippen molar-refractivity contribution in [3.63, 3.8) is 0 Å². The Bertz CT molecular complexity index is 369. The van der Waals surface area contributed by atoms with Crippen molar-refractivity contribution in [2.75, 3.05) is 0 Å². The standard InChI is InChI=1S/C11H10NO2/c13-11(10-7-14-8-12-10)6-9-4-2-1-3-5-9/h1-5,7-8,11H,6H2. The Morgan fingerprint density at radius 2 is 2.07 bits per heavy atom. The van der Waals surface area contributed by atoms with Crippen LogP contribution in [0.25, 0.3) is 0 Å². The van der Waals surface area contributed by atoms with Crippen LogP contribution >= 0.6 is 0 Å². The highest BCUT2D eigenvalue weighted by Crippen LogP contribution is 2.16. The van der Waals surface area contributed by atoms with Crippen molar-refractivity contribution in [3.05, 3.63) is 54.2 Å². The third-order valence-corrected chi connectivity index (χ3v) is 2.05. The molecular weight excluding hydrogens is 178 g/mol. The molecule has 3 nitrogen and oxygen atoms in total. The van der Waals surface area contributed by atoms with Gasteiger partial charge < -0.3 is 4.42 Å². The lowest BCUT2D eigenvalue weighted by atomic mass is 10.1. The molecule has 1 aromatic heterocycles. The van der Waals surface area contributed by atoms with Crippen LogP contribution in [0.5, 0.6) is 0 Å². The summed E-state index contributed by atoms with van der Waals surface area (Å²) in [5.74, 6) is 0. The largest absolute Gasteiger partial charge is 0.451 e. The van der Waals surface area contributed by atoms with E-state index in [0.29, 0.717) is 12.1 Å². The van der Waals surface area contributed by atoms with E-state index in [1.807, 2.05) is 30.3 Å². The molecule has 2 aromatic rings. The van der Waals surface area contributed by atoms with E-state index in [0.717, 1.165) is 5.56 Å². The van der Waals surface area contributed by atoms with Crippen molar-refractivity contribution in [1.29, 1.82) is 0 Å². The van der Waals surface area contributed by atoms with Gasteiger partial charge in [0.15, 0.2) is 6.39 Å². The van der Waals surface area contributed by atoms with Gasteiger partial charge in [-0.1, -0.05) is 30.3 Å². The number of aromatic nitrogens is 1. The minimum Gasteiger partial charge on any atom is -0.451 e. The molecule has 0 saturated heterocycles. The molecule has 0 fully saturated rings. The van der Waals surface area contributed by atoms with E-state index in [1.54, 1.807) is 0 Å². The smallest absolute Gasteiger partial charge is 0.180 e. The second-order valence-electron chi connectivity index (χ2n) is 3.09. The molecule has 3 heteroatoms. The van der Waals surface area contributed by atoms with Gasteiger partial charge in [0.2, 0.25) is 0 Å². The van der Waals surface area contributed by atoms with Crippen LogP contribution in [-0.4, -0.2) is 4.98 Å². The number of nitrogens with zero attached hydrogens (tertiary/aromatic N) is 1. The van der Waals surface area contributed by atoms with Gasteiger partial charge in [0.25, 0.3) is 0 Å². The summed E-state index contributed by atoms with van der Waals surface area (Å²) in [6, 6.07) is 9.64. The molecule has 0 bridgehead atoms. The summed E-state index contributed by atoms with van der Waals surface area (Å²) >= 11 is 0.